The fourth-order valence-electron chi connectivity index (χ4n) is 3.25. The number of hydrogen-bond acceptors (Lipinski definition) is 4. The van der Waals surface area contributed by atoms with Crippen LogP contribution in [0.15, 0.2) is 42.5 Å². The molecule has 0 heterocycles. The van der Waals surface area contributed by atoms with Crippen LogP contribution in [-0.4, -0.2) is 42.2 Å². The number of halogens is 1. The molecule has 1 aromatic carbocycles. The molecule has 0 saturated heterocycles. The van der Waals surface area contributed by atoms with Crippen molar-refractivity contribution in [2.45, 2.75) is 38.7 Å². The number of carbonyl (C=O) groups is 1. The van der Waals surface area contributed by atoms with Gasteiger partial charge < -0.3 is 14.7 Å². The van der Waals surface area contributed by atoms with Gasteiger partial charge in [-0.25, -0.2) is 4.79 Å². The van der Waals surface area contributed by atoms with Crippen LogP contribution in [0.1, 0.15) is 38.7 Å². The van der Waals surface area contributed by atoms with Crippen molar-refractivity contribution in [1.82, 2.24) is 4.90 Å². The molecule has 2 rings (SSSR count). The zero-order valence-corrected chi connectivity index (χ0v) is 16.0. The minimum Gasteiger partial charge on any atom is -0.462 e. The third kappa shape index (κ3) is 5.30. The molecule has 2 unspecified atom stereocenters. The lowest BCUT2D eigenvalue weighted by Gasteiger charge is -2.34. The van der Waals surface area contributed by atoms with Gasteiger partial charge in [-0.05, 0) is 37.9 Å². The Labute approximate surface area is 157 Å². The van der Waals surface area contributed by atoms with E-state index in [1.807, 2.05) is 30.4 Å². The van der Waals surface area contributed by atoms with E-state index in [1.165, 1.54) is 0 Å². The summed E-state index contributed by atoms with van der Waals surface area (Å²) in [6.45, 7) is 6.98. The molecule has 0 fully saturated rings. The minimum atomic E-state index is -1.61. The maximum atomic E-state index is 12.8. The zero-order valence-electron chi connectivity index (χ0n) is 15.2. The summed E-state index contributed by atoms with van der Waals surface area (Å²) in [5, 5.41) is 11.3. The van der Waals surface area contributed by atoms with E-state index < -0.39 is 11.6 Å². The lowest BCUT2D eigenvalue weighted by molar-refractivity contribution is -0.172. The van der Waals surface area contributed by atoms with E-state index in [2.05, 4.69) is 18.7 Å². The number of ether oxygens (including phenoxy) is 1. The summed E-state index contributed by atoms with van der Waals surface area (Å²) < 4.78 is 5.48. The highest BCUT2D eigenvalue weighted by molar-refractivity contribution is 5.85. The third-order valence-electron chi connectivity index (χ3n) is 4.85. The van der Waals surface area contributed by atoms with Crippen LogP contribution in [0.25, 0.3) is 0 Å². The molecule has 5 heteroatoms. The summed E-state index contributed by atoms with van der Waals surface area (Å²) in [6, 6.07) is 9.17. The van der Waals surface area contributed by atoms with Crippen molar-refractivity contribution in [3.63, 3.8) is 0 Å². The Morgan fingerprint density at radius 3 is 2.52 bits per heavy atom. The molecule has 25 heavy (non-hydrogen) atoms. The Morgan fingerprint density at radius 1 is 1.28 bits per heavy atom. The first-order chi connectivity index (χ1) is 11.6. The molecule has 1 aromatic rings. The maximum absolute atomic E-state index is 12.8. The molecule has 1 N–H and O–H groups in total. The first-order valence-electron chi connectivity index (χ1n) is 8.97. The number of hydrogen-bond donors (Lipinski definition) is 1. The van der Waals surface area contributed by atoms with E-state index in [0.717, 1.165) is 32.4 Å². The van der Waals surface area contributed by atoms with E-state index in [1.54, 1.807) is 12.1 Å². The van der Waals surface area contributed by atoms with E-state index >= 15 is 0 Å². The molecule has 140 valence electrons. The average molecular weight is 368 g/mol. The predicted molar refractivity (Wildman–Crippen MR) is 103 cm³/mol. The number of likely N-dealkylation sites (N-methyl/N-ethyl adjacent to an activating group) is 1. The van der Waals surface area contributed by atoms with Crippen LogP contribution in [0, 0.1) is 5.92 Å². The maximum Gasteiger partial charge on any atom is 0.343 e. The van der Waals surface area contributed by atoms with Crippen LogP contribution in [-0.2, 0) is 15.1 Å². The molecule has 0 spiro atoms. The topological polar surface area (TPSA) is 49.8 Å². The highest BCUT2D eigenvalue weighted by Crippen LogP contribution is 2.37. The standard InChI is InChI=1S/C20H29NO3.ClH/c1-3-21(4-2)15-16-24-19(22)20(23,17-11-7-5-8-12-17)18-13-9-6-10-14-18;/h5,7-9,11-13,18,23H,3-4,6,10,14-16H2,1-2H3;1H. The van der Waals surface area contributed by atoms with Gasteiger partial charge in [-0.1, -0.05) is 56.3 Å². The first kappa shape index (κ1) is 21.7. The van der Waals surface area contributed by atoms with E-state index in [-0.39, 0.29) is 18.3 Å². The second-order valence-electron chi connectivity index (χ2n) is 6.26. The molecule has 0 aliphatic heterocycles. The van der Waals surface area contributed by atoms with Gasteiger partial charge in [0, 0.05) is 12.5 Å². The molecule has 1 aliphatic carbocycles. The molecule has 4 nitrogen and oxygen atoms in total. The van der Waals surface area contributed by atoms with Crippen molar-refractivity contribution in [2.75, 3.05) is 26.2 Å². The number of rotatable bonds is 8. The van der Waals surface area contributed by atoms with Crippen LogP contribution in [0.5, 0.6) is 0 Å². The van der Waals surface area contributed by atoms with Crippen molar-refractivity contribution in [1.29, 1.82) is 0 Å². The number of carbonyl (C=O) groups excluding carboxylic acids is 1. The molecular weight excluding hydrogens is 338 g/mol. The summed E-state index contributed by atoms with van der Waals surface area (Å²) >= 11 is 0. The Morgan fingerprint density at radius 2 is 1.96 bits per heavy atom. The molecular formula is C20H30ClNO3. The summed E-state index contributed by atoms with van der Waals surface area (Å²) in [5.41, 5.74) is -1.00. The lowest BCUT2D eigenvalue weighted by Crippen LogP contribution is -2.45. The average Bonchev–Trinajstić information content (AvgIpc) is 2.65. The summed E-state index contributed by atoms with van der Waals surface area (Å²) in [6.07, 6.45) is 6.77. The van der Waals surface area contributed by atoms with Crippen molar-refractivity contribution in [2.24, 2.45) is 5.92 Å². The Bertz CT molecular complexity index is 545. The van der Waals surface area contributed by atoms with Gasteiger partial charge >= 0.3 is 5.97 Å². The van der Waals surface area contributed by atoms with Gasteiger partial charge in [-0.3, -0.25) is 0 Å². The SMILES string of the molecule is CCN(CC)CCOC(=O)C(O)(c1ccccc1)C1C=CCCC1.Cl. The Kier molecular flexibility index (Phi) is 9.19. The first-order valence-corrected chi connectivity index (χ1v) is 8.97. The van der Waals surface area contributed by atoms with Crippen molar-refractivity contribution >= 4 is 18.4 Å². The number of benzene rings is 1. The smallest absolute Gasteiger partial charge is 0.343 e. The lowest BCUT2D eigenvalue weighted by atomic mass is 9.76. The second kappa shape index (κ2) is 10.6. The van der Waals surface area contributed by atoms with E-state index in [0.29, 0.717) is 18.7 Å². The number of nitrogens with zero attached hydrogens (tertiary/aromatic N) is 1. The van der Waals surface area contributed by atoms with Crippen LogP contribution in [0.4, 0.5) is 0 Å². The Hall–Kier alpha value is -1.36. The molecule has 0 radical (unpaired) electrons. The van der Waals surface area contributed by atoms with Gasteiger partial charge in [0.05, 0.1) is 0 Å². The Balaban J connectivity index is 0.00000312. The highest BCUT2D eigenvalue weighted by Gasteiger charge is 2.46. The van der Waals surface area contributed by atoms with Crippen LogP contribution < -0.4 is 0 Å². The fraction of sp³-hybridized carbons (Fsp3) is 0.550. The molecule has 0 saturated carbocycles. The van der Waals surface area contributed by atoms with Gasteiger partial charge in [0.2, 0.25) is 0 Å². The summed E-state index contributed by atoms with van der Waals surface area (Å²) in [7, 11) is 0. The zero-order chi connectivity index (χ0) is 17.4. The summed E-state index contributed by atoms with van der Waals surface area (Å²) in [5.74, 6) is -0.785. The molecule has 0 amide bonds. The van der Waals surface area contributed by atoms with Crippen molar-refractivity contribution in [3.8, 4) is 0 Å². The molecule has 1 aliphatic rings. The van der Waals surface area contributed by atoms with Gasteiger partial charge in [-0.15, -0.1) is 12.4 Å². The van der Waals surface area contributed by atoms with E-state index in [9.17, 15) is 9.90 Å². The van der Waals surface area contributed by atoms with Crippen LogP contribution in [0.2, 0.25) is 0 Å². The van der Waals surface area contributed by atoms with Crippen LogP contribution in [0.3, 0.4) is 0 Å². The fourth-order valence-corrected chi connectivity index (χ4v) is 3.25. The van der Waals surface area contributed by atoms with Gasteiger partial charge in [0.1, 0.15) is 6.61 Å². The highest BCUT2D eigenvalue weighted by atomic mass is 35.5. The van der Waals surface area contributed by atoms with E-state index in [4.69, 9.17) is 4.74 Å². The normalized spacial score (nSPS) is 19.1. The monoisotopic (exact) mass is 367 g/mol. The molecule has 0 aromatic heterocycles. The van der Waals surface area contributed by atoms with Crippen molar-refractivity contribution < 1.29 is 14.6 Å². The number of aliphatic hydroxyl groups is 1. The van der Waals surface area contributed by atoms with Crippen LogP contribution >= 0.6 is 12.4 Å². The van der Waals surface area contributed by atoms with Crippen molar-refractivity contribution in [3.05, 3.63) is 48.0 Å². The van der Waals surface area contributed by atoms with Gasteiger partial charge in [-0.2, -0.15) is 0 Å². The third-order valence-corrected chi connectivity index (χ3v) is 4.85. The molecule has 2 atom stereocenters. The van der Waals surface area contributed by atoms with Gasteiger partial charge in [0.25, 0.3) is 0 Å². The van der Waals surface area contributed by atoms with Gasteiger partial charge in [0.15, 0.2) is 5.60 Å². The predicted octanol–water partition coefficient (Wildman–Crippen LogP) is 3.54. The minimum absolute atomic E-state index is 0. The second-order valence-corrected chi connectivity index (χ2v) is 6.26. The largest absolute Gasteiger partial charge is 0.462 e. The quantitative estimate of drug-likeness (QED) is 0.564. The number of allylic oxidation sites excluding steroid dienone is 1. The summed E-state index contributed by atoms with van der Waals surface area (Å²) in [4.78, 5) is 15.0. The molecule has 0 bridgehead atoms. The number of esters is 1.